The largest absolute Gasteiger partial charge is 0.0493 e. The zero-order valence-corrected chi connectivity index (χ0v) is 4.93. The Bertz CT molecular complexity index is 114. The Balaban J connectivity index is 2.02. The first-order valence-corrected chi connectivity index (χ1v) is 3.71. The Labute approximate surface area is 50.3 Å². The van der Waals surface area contributed by atoms with E-state index in [0.717, 1.165) is 23.7 Å². The number of fused-ring (bicyclic) bond motifs is 5. The fourth-order valence-corrected chi connectivity index (χ4v) is 2.64. The van der Waals surface area contributed by atoms with E-state index in [1.807, 2.05) is 0 Å². The third kappa shape index (κ3) is 0.284. The molecule has 42 valence electrons. The van der Waals surface area contributed by atoms with Crippen LogP contribution in [-0.4, -0.2) is 0 Å². The fourth-order valence-electron chi connectivity index (χ4n) is 2.64. The van der Waals surface area contributed by atoms with Crippen molar-refractivity contribution in [3.8, 4) is 0 Å². The summed E-state index contributed by atoms with van der Waals surface area (Å²) < 4.78 is 0. The first-order valence-electron chi connectivity index (χ1n) is 3.71. The maximum Gasteiger partial charge on any atom is -0.01000 e. The van der Waals surface area contributed by atoms with E-state index in [0.29, 0.717) is 0 Å². The second-order valence-electron chi connectivity index (χ2n) is 3.52. The van der Waals surface area contributed by atoms with Crippen LogP contribution in [0.5, 0.6) is 0 Å². The summed E-state index contributed by atoms with van der Waals surface area (Å²) in [6.45, 7) is 0. The second kappa shape index (κ2) is 0.984. The van der Waals surface area contributed by atoms with Gasteiger partial charge in [-0.3, -0.25) is 0 Å². The minimum atomic E-state index is 0.963. The molecule has 0 spiro atoms. The van der Waals surface area contributed by atoms with Gasteiger partial charge in [0.15, 0.2) is 0 Å². The van der Waals surface area contributed by atoms with E-state index in [4.69, 9.17) is 0 Å². The summed E-state index contributed by atoms with van der Waals surface area (Å²) in [5.74, 6) is 4.19. The maximum atomic E-state index is 3.63. The van der Waals surface area contributed by atoms with Crippen molar-refractivity contribution in [2.75, 3.05) is 0 Å². The van der Waals surface area contributed by atoms with E-state index < -0.39 is 0 Å². The predicted molar refractivity (Wildman–Crippen MR) is 31.1 cm³/mol. The monoisotopic (exact) mass is 106 g/mol. The van der Waals surface area contributed by atoms with Gasteiger partial charge in [-0.15, -0.1) is 0 Å². The van der Waals surface area contributed by atoms with E-state index in [9.17, 15) is 0 Å². The zero-order valence-electron chi connectivity index (χ0n) is 4.93. The maximum absolute atomic E-state index is 3.63. The zero-order chi connectivity index (χ0) is 5.14. The number of hydrogen-bond donors (Lipinski definition) is 0. The summed E-state index contributed by atoms with van der Waals surface area (Å²) in [6, 6.07) is 0. The minimum absolute atomic E-state index is 0.963. The molecule has 0 aliphatic heterocycles. The highest BCUT2D eigenvalue weighted by molar-refractivity contribution is 5.15. The van der Waals surface area contributed by atoms with Gasteiger partial charge < -0.3 is 0 Å². The molecule has 4 atom stereocenters. The standard InChI is InChI=1S/C8H10/c1-2-6-3-5(1)7-4-8(6)7/h5-8H,1-2,4H2/t5-,6+,7-,8+. The average molecular weight is 106 g/mol. The molecule has 3 aliphatic carbocycles. The molecule has 0 nitrogen and oxygen atoms in total. The molecule has 3 aliphatic rings. The van der Waals surface area contributed by atoms with Gasteiger partial charge in [0.1, 0.15) is 0 Å². The van der Waals surface area contributed by atoms with Crippen LogP contribution >= 0.6 is 0 Å². The van der Waals surface area contributed by atoms with Crippen LogP contribution in [-0.2, 0) is 0 Å². The average Bonchev–Trinajstić information content (AvgIpc) is 2.39. The molecule has 0 amide bonds. The highest BCUT2D eigenvalue weighted by Gasteiger charge is 2.57. The molecule has 0 heteroatoms. The number of hydrogen-bond acceptors (Lipinski definition) is 0. The van der Waals surface area contributed by atoms with Crippen molar-refractivity contribution in [1.82, 2.24) is 0 Å². The van der Waals surface area contributed by atoms with Gasteiger partial charge in [0.25, 0.3) is 0 Å². The molecular formula is C8H10. The van der Waals surface area contributed by atoms with Crippen LogP contribution in [0, 0.1) is 30.1 Å². The van der Waals surface area contributed by atoms with Crippen molar-refractivity contribution < 1.29 is 0 Å². The molecule has 0 aromatic heterocycles. The van der Waals surface area contributed by atoms with Crippen molar-refractivity contribution in [1.29, 1.82) is 0 Å². The Morgan fingerprint density at radius 2 is 1.62 bits per heavy atom. The minimum Gasteiger partial charge on any atom is -0.0493 e. The summed E-state index contributed by atoms with van der Waals surface area (Å²) in [5.41, 5.74) is 0. The summed E-state index contributed by atoms with van der Waals surface area (Å²) >= 11 is 0. The van der Waals surface area contributed by atoms with Crippen molar-refractivity contribution in [3.63, 3.8) is 0 Å². The Kier molecular flexibility index (Phi) is 0.482. The number of rotatable bonds is 0. The lowest BCUT2D eigenvalue weighted by Gasteiger charge is -2.04. The fraction of sp³-hybridized carbons (Fsp3) is 0.875. The van der Waals surface area contributed by atoms with E-state index in [1.165, 1.54) is 12.8 Å². The molecular weight excluding hydrogens is 96.1 g/mol. The predicted octanol–water partition coefficient (Wildman–Crippen LogP) is 1.74. The highest BCUT2D eigenvalue weighted by Crippen LogP contribution is 2.64. The van der Waals surface area contributed by atoms with Gasteiger partial charge >= 0.3 is 0 Å². The van der Waals surface area contributed by atoms with Crippen molar-refractivity contribution in [3.05, 3.63) is 6.42 Å². The van der Waals surface area contributed by atoms with E-state index in [-0.39, 0.29) is 0 Å². The topological polar surface area (TPSA) is 0 Å². The smallest absolute Gasteiger partial charge is 0.01000 e. The first kappa shape index (κ1) is 3.92. The van der Waals surface area contributed by atoms with Crippen LogP contribution in [0.15, 0.2) is 0 Å². The normalized spacial score (nSPS) is 66.0. The quantitative estimate of drug-likeness (QED) is 0.441. The van der Waals surface area contributed by atoms with E-state index in [1.54, 1.807) is 6.42 Å². The van der Waals surface area contributed by atoms with Crippen molar-refractivity contribution >= 4 is 0 Å². The molecule has 3 saturated carbocycles. The van der Waals surface area contributed by atoms with Gasteiger partial charge in [0, 0.05) is 0 Å². The van der Waals surface area contributed by atoms with Gasteiger partial charge in [-0.05, 0) is 49.4 Å². The van der Waals surface area contributed by atoms with Gasteiger partial charge in [0.2, 0.25) is 0 Å². The molecule has 0 N–H and O–H groups in total. The summed E-state index contributed by atoms with van der Waals surface area (Å²) in [5, 5.41) is 0. The summed E-state index contributed by atoms with van der Waals surface area (Å²) in [7, 11) is 0. The van der Waals surface area contributed by atoms with Gasteiger partial charge in [-0.2, -0.15) is 0 Å². The molecule has 2 radical (unpaired) electrons. The molecule has 3 fully saturated rings. The Morgan fingerprint density at radius 1 is 1.00 bits per heavy atom. The highest BCUT2D eigenvalue weighted by atomic mass is 14.6. The van der Waals surface area contributed by atoms with Crippen LogP contribution in [0.1, 0.15) is 19.3 Å². The van der Waals surface area contributed by atoms with Gasteiger partial charge in [0.05, 0.1) is 0 Å². The van der Waals surface area contributed by atoms with E-state index in [2.05, 4.69) is 6.42 Å². The summed E-state index contributed by atoms with van der Waals surface area (Å²) in [4.78, 5) is 0. The third-order valence-electron chi connectivity index (χ3n) is 3.14. The van der Waals surface area contributed by atoms with Crippen LogP contribution in [0.4, 0.5) is 0 Å². The molecule has 0 saturated heterocycles. The molecule has 8 heavy (non-hydrogen) atoms. The second-order valence-corrected chi connectivity index (χ2v) is 3.52. The van der Waals surface area contributed by atoms with Crippen molar-refractivity contribution in [2.45, 2.75) is 19.3 Å². The lowest BCUT2D eigenvalue weighted by Crippen LogP contribution is -1.95. The lowest BCUT2D eigenvalue weighted by atomic mass is 10.0. The van der Waals surface area contributed by atoms with Crippen molar-refractivity contribution in [2.24, 2.45) is 23.7 Å². The lowest BCUT2D eigenvalue weighted by molar-refractivity contribution is 0.456. The van der Waals surface area contributed by atoms with Gasteiger partial charge in [-0.1, -0.05) is 0 Å². The molecule has 0 unspecified atom stereocenters. The molecule has 0 aromatic rings. The first-order chi connectivity index (χ1) is 3.95. The molecule has 0 aromatic carbocycles. The Morgan fingerprint density at radius 3 is 2.00 bits per heavy atom. The SMILES string of the molecule is [C]1[C@@H]2CC[C@H]1[C@H]1C[C@H]12. The molecule has 0 heterocycles. The molecule has 2 bridgehead atoms. The van der Waals surface area contributed by atoms with Crippen LogP contribution in [0.2, 0.25) is 0 Å². The van der Waals surface area contributed by atoms with E-state index >= 15 is 0 Å². The van der Waals surface area contributed by atoms with Gasteiger partial charge in [-0.25, -0.2) is 0 Å². The third-order valence-corrected chi connectivity index (χ3v) is 3.14. The van der Waals surface area contributed by atoms with Crippen LogP contribution < -0.4 is 0 Å². The Hall–Kier alpha value is 0. The van der Waals surface area contributed by atoms with Crippen LogP contribution in [0.25, 0.3) is 0 Å². The summed E-state index contributed by atoms with van der Waals surface area (Å²) in [6.07, 6.45) is 8.14. The van der Waals surface area contributed by atoms with Crippen LogP contribution in [0.3, 0.4) is 0 Å². The molecule has 3 rings (SSSR count).